The number of benzene rings is 2. The lowest BCUT2D eigenvalue weighted by atomic mass is 10.1. The fraction of sp³-hybridized carbons (Fsp3) is 0.133. The van der Waals surface area contributed by atoms with Gasteiger partial charge in [-0.25, -0.2) is 0 Å². The van der Waals surface area contributed by atoms with Crippen molar-refractivity contribution in [3.05, 3.63) is 63.6 Å². The minimum absolute atomic E-state index is 0.444. The molecule has 0 spiro atoms. The van der Waals surface area contributed by atoms with Crippen LogP contribution in [0.5, 0.6) is 5.75 Å². The Balaban J connectivity index is 2.18. The largest absolute Gasteiger partial charge is 0.487 e. The molecule has 2 aromatic rings. The normalized spacial score (nSPS) is 9.83. The van der Waals surface area contributed by atoms with E-state index in [-0.39, 0.29) is 0 Å². The summed E-state index contributed by atoms with van der Waals surface area (Å²) in [7, 11) is 0. The van der Waals surface area contributed by atoms with E-state index in [0.717, 1.165) is 15.6 Å². The quantitative estimate of drug-likeness (QED) is 0.851. The lowest BCUT2D eigenvalue weighted by molar-refractivity contribution is 0.304. The first-order valence-corrected chi connectivity index (χ1v) is 6.37. The van der Waals surface area contributed by atoms with Gasteiger partial charge in [0.1, 0.15) is 18.4 Å². The molecule has 0 atom stereocenters. The Morgan fingerprint density at radius 1 is 1.22 bits per heavy atom. The zero-order chi connectivity index (χ0) is 13.0. The third kappa shape index (κ3) is 2.91. The van der Waals surface area contributed by atoms with Crippen LogP contribution in [0.1, 0.15) is 16.7 Å². The summed E-state index contributed by atoms with van der Waals surface area (Å²) >= 11 is 3.47. The summed E-state index contributed by atoms with van der Waals surface area (Å²) in [4.78, 5) is 0. The molecule has 0 fully saturated rings. The van der Waals surface area contributed by atoms with Crippen LogP contribution in [0.3, 0.4) is 0 Å². The van der Waals surface area contributed by atoms with Crippen molar-refractivity contribution in [2.24, 2.45) is 0 Å². The highest BCUT2D eigenvalue weighted by molar-refractivity contribution is 9.10. The lowest BCUT2D eigenvalue weighted by Crippen LogP contribution is -1.98. The highest BCUT2D eigenvalue weighted by Crippen LogP contribution is 2.22. The van der Waals surface area contributed by atoms with Crippen molar-refractivity contribution in [1.29, 1.82) is 5.26 Å². The minimum atomic E-state index is 0.444. The van der Waals surface area contributed by atoms with Crippen LogP contribution >= 0.6 is 15.9 Å². The Labute approximate surface area is 115 Å². The van der Waals surface area contributed by atoms with E-state index in [2.05, 4.69) is 22.0 Å². The van der Waals surface area contributed by atoms with Crippen LogP contribution < -0.4 is 4.74 Å². The van der Waals surface area contributed by atoms with Gasteiger partial charge in [-0.3, -0.25) is 0 Å². The fourth-order valence-electron chi connectivity index (χ4n) is 1.61. The van der Waals surface area contributed by atoms with Crippen LogP contribution in [0.15, 0.2) is 46.9 Å². The van der Waals surface area contributed by atoms with Gasteiger partial charge in [-0.15, -0.1) is 0 Å². The molecule has 0 saturated heterocycles. The second-order valence-electron chi connectivity index (χ2n) is 3.99. The third-order valence-electron chi connectivity index (χ3n) is 2.60. The number of aryl methyl sites for hydroxylation is 1. The van der Waals surface area contributed by atoms with Crippen LogP contribution in [-0.2, 0) is 6.61 Å². The molecule has 3 heteroatoms. The summed E-state index contributed by atoms with van der Waals surface area (Å²) in [6.07, 6.45) is 0. The van der Waals surface area contributed by atoms with Crippen molar-refractivity contribution in [2.75, 3.05) is 0 Å². The van der Waals surface area contributed by atoms with Crippen LogP contribution in [0.4, 0.5) is 0 Å². The van der Waals surface area contributed by atoms with Crippen LogP contribution in [-0.4, -0.2) is 0 Å². The van der Waals surface area contributed by atoms with E-state index in [9.17, 15) is 0 Å². The number of hydrogen-bond donors (Lipinski definition) is 0. The molecule has 0 bridgehead atoms. The standard InChI is InChI=1S/C15H12BrNO/c1-11-6-7-12(9-17)15(8-11)18-10-13-4-2-3-5-14(13)16/h2-8H,10H2,1H3. The first kappa shape index (κ1) is 12.7. The average Bonchev–Trinajstić information content (AvgIpc) is 2.38. The Morgan fingerprint density at radius 2 is 2.00 bits per heavy atom. The molecular weight excluding hydrogens is 290 g/mol. The van der Waals surface area contributed by atoms with E-state index >= 15 is 0 Å². The molecule has 0 aliphatic carbocycles. The Hall–Kier alpha value is -1.79. The maximum absolute atomic E-state index is 9.02. The summed E-state index contributed by atoms with van der Waals surface area (Å²) in [5, 5.41) is 9.02. The number of rotatable bonds is 3. The Kier molecular flexibility index (Phi) is 4.01. The van der Waals surface area contributed by atoms with E-state index < -0.39 is 0 Å². The molecule has 0 radical (unpaired) electrons. The van der Waals surface area contributed by atoms with Gasteiger partial charge >= 0.3 is 0 Å². The zero-order valence-corrected chi connectivity index (χ0v) is 11.6. The van der Waals surface area contributed by atoms with Crippen molar-refractivity contribution < 1.29 is 4.74 Å². The van der Waals surface area contributed by atoms with Gasteiger partial charge in [0.15, 0.2) is 0 Å². The molecule has 2 aromatic carbocycles. The van der Waals surface area contributed by atoms with Gasteiger partial charge in [0, 0.05) is 10.0 Å². The van der Waals surface area contributed by atoms with Crippen molar-refractivity contribution in [3.63, 3.8) is 0 Å². The highest BCUT2D eigenvalue weighted by Gasteiger charge is 2.05. The second-order valence-corrected chi connectivity index (χ2v) is 4.85. The molecule has 0 aliphatic rings. The Bertz CT molecular complexity index is 602. The van der Waals surface area contributed by atoms with E-state index in [1.165, 1.54) is 0 Å². The monoisotopic (exact) mass is 301 g/mol. The molecule has 90 valence electrons. The minimum Gasteiger partial charge on any atom is -0.487 e. The summed E-state index contributed by atoms with van der Waals surface area (Å²) in [5.74, 6) is 0.633. The summed E-state index contributed by atoms with van der Waals surface area (Å²) in [5.41, 5.74) is 2.70. The molecule has 0 saturated carbocycles. The van der Waals surface area contributed by atoms with Crippen molar-refractivity contribution >= 4 is 15.9 Å². The first-order chi connectivity index (χ1) is 8.70. The molecule has 0 amide bonds. The molecule has 0 aromatic heterocycles. The number of nitrogens with zero attached hydrogens (tertiary/aromatic N) is 1. The number of halogens is 1. The van der Waals surface area contributed by atoms with E-state index in [1.54, 1.807) is 6.07 Å². The molecule has 0 heterocycles. The molecule has 0 N–H and O–H groups in total. The van der Waals surface area contributed by atoms with Gasteiger partial charge in [-0.05, 0) is 30.7 Å². The molecule has 2 rings (SSSR count). The predicted molar refractivity (Wildman–Crippen MR) is 74.4 cm³/mol. The Morgan fingerprint density at radius 3 is 2.72 bits per heavy atom. The predicted octanol–water partition coefficient (Wildman–Crippen LogP) is 4.21. The zero-order valence-electron chi connectivity index (χ0n) is 9.98. The SMILES string of the molecule is Cc1ccc(C#N)c(OCc2ccccc2Br)c1. The van der Waals surface area contributed by atoms with Gasteiger partial charge in [-0.1, -0.05) is 40.2 Å². The average molecular weight is 302 g/mol. The molecular formula is C15H12BrNO. The van der Waals surface area contributed by atoms with E-state index in [4.69, 9.17) is 10.00 Å². The van der Waals surface area contributed by atoms with Gasteiger partial charge in [0.2, 0.25) is 0 Å². The number of ether oxygens (including phenoxy) is 1. The molecule has 18 heavy (non-hydrogen) atoms. The van der Waals surface area contributed by atoms with Gasteiger partial charge in [-0.2, -0.15) is 5.26 Å². The van der Waals surface area contributed by atoms with Crippen LogP contribution in [0.2, 0.25) is 0 Å². The van der Waals surface area contributed by atoms with Crippen molar-refractivity contribution in [1.82, 2.24) is 0 Å². The maximum atomic E-state index is 9.02. The number of hydrogen-bond acceptors (Lipinski definition) is 2. The highest BCUT2D eigenvalue weighted by atomic mass is 79.9. The number of nitriles is 1. The van der Waals surface area contributed by atoms with Crippen LogP contribution in [0, 0.1) is 18.3 Å². The molecule has 0 unspecified atom stereocenters. The van der Waals surface area contributed by atoms with E-state index in [1.807, 2.05) is 43.3 Å². The summed E-state index contributed by atoms with van der Waals surface area (Å²) in [6.45, 7) is 2.42. The summed E-state index contributed by atoms with van der Waals surface area (Å²) < 4.78 is 6.73. The van der Waals surface area contributed by atoms with Crippen LogP contribution in [0.25, 0.3) is 0 Å². The van der Waals surface area contributed by atoms with Crippen molar-refractivity contribution in [2.45, 2.75) is 13.5 Å². The lowest BCUT2D eigenvalue weighted by Gasteiger charge is -2.09. The smallest absolute Gasteiger partial charge is 0.137 e. The first-order valence-electron chi connectivity index (χ1n) is 5.57. The topological polar surface area (TPSA) is 33.0 Å². The van der Waals surface area contributed by atoms with E-state index in [0.29, 0.717) is 17.9 Å². The van der Waals surface area contributed by atoms with Gasteiger partial charge < -0.3 is 4.74 Å². The van der Waals surface area contributed by atoms with Gasteiger partial charge in [0.05, 0.1) is 5.56 Å². The molecule has 0 aliphatic heterocycles. The summed E-state index contributed by atoms with van der Waals surface area (Å²) in [6, 6.07) is 15.6. The fourth-order valence-corrected chi connectivity index (χ4v) is 2.01. The third-order valence-corrected chi connectivity index (χ3v) is 3.37. The second kappa shape index (κ2) is 5.70. The molecule has 2 nitrogen and oxygen atoms in total. The van der Waals surface area contributed by atoms with Crippen molar-refractivity contribution in [3.8, 4) is 11.8 Å². The van der Waals surface area contributed by atoms with Gasteiger partial charge in [0.25, 0.3) is 0 Å². The maximum Gasteiger partial charge on any atom is 0.137 e.